The maximum absolute atomic E-state index is 12.6. The molecule has 6 nitrogen and oxygen atoms in total. The summed E-state index contributed by atoms with van der Waals surface area (Å²) in [5.41, 5.74) is 2.17. The molecule has 0 saturated carbocycles. The standard InChI is InChI=1S/C22H27N3O3S/c1-15(2)28-19-11-6-5-10-18(19)21(27)24-22(29)23-17-9-7-8-16(14-17)12-13-20(26)25(3)4/h5-11,14-15H,12-13H2,1-4H3,(H2,23,24,27,29). The van der Waals surface area contributed by atoms with Crippen molar-refractivity contribution < 1.29 is 14.3 Å². The molecule has 154 valence electrons. The van der Waals surface area contributed by atoms with Crippen LogP contribution in [0.25, 0.3) is 0 Å². The molecule has 0 aliphatic carbocycles. The van der Waals surface area contributed by atoms with E-state index in [1.54, 1.807) is 37.2 Å². The van der Waals surface area contributed by atoms with Crippen molar-refractivity contribution in [2.45, 2.75) is 32.8 Å². The first-order valence-corrected chi connectivity index (χ1v) is 9.84. The molecule has 0 radical (unpaired) electrons. The molecule has 2 aromatic carbocycles. The topological polar surface area (TPSA) is 70.7 Å². The molecule has 2 aromatic rings. The molecule has 2 rings (SSSR count). The predicted octanol–water partition coefficient (Wildman–Crippen LogP) is 3.62. The molecule has 0 saturated heterocycles. The lowest BCUT2D eigenvalue weighted by atomic mass is 10.1. The van der Waals surface area contributed by atoms with E-state index in [0.717, 1.165) is 11.3 Å². The Morgan fingerprint density at radius 2 is 1.83 bits per heavy atom. The van der Waals surface area contributed by atoms with E-state index in [9.17, 15) is 9.59 Å². The summed E-state index contributed by atoms with van der Waals surface area (Å²) in [5, 5.41) is 5.89. The van der Waals surface area contributed by atoms with Crippen molar-refractivity contribution in [3.05, 3.63) is 59.7 Å². The van der Waals surface area contributed by atoms with Gasteiger partial charge in [-0.1, -0.05) is 24.3 Å². The fourth-order valence-electron chi connectivity index (χ4n) is 2.62. The van der Waals surface area contributed by atoms with E-state index in [2.05, 4.69) is 10.6 Å². The lowest BCUT2D eigenvalue weighted by Crippen LogP contribution is -2.34. The fourth-order valence-corrected chi connectivity index (χ4v) is 2.83. The van der Waals surface area contributed by atoms with Crippen LogP contribution in [-0.2, 0) is 11.2 Å². The number of hydrogen-bond acceptors (Lipinski definition) is 4. The summed E-state index contributed by atoms with van der Waals surface area (Å²) in [6.45, 7) is 3.81. The molecular formula is C22H27N3O3S. The van der Waals surface area contributed by atoms with Gasteiger partial charge in [0.1, 0.15) is 5.75 Å². The molecule has 0 spiro atoms. The van der Waals surface area contributed by atoms with E-state index in [4.69, 9.17) is 17.0 Å². The number of carbonyl (C=O) groups is 2. The van der Waals surface area contributed by atoms with Crippen molar-refractivity contribution in [2.24, 2.45) is 0 Å². The van der Waals surface area contributed by atoms with Crippen LogP contribution < -0.4 is 15.4 Å². The van der Waals surface area contributed by atoms with E-state index in [1.807, 2.05) is 44.2 Å². The highest BCUT2D eigenvalue weighted by Crippen LogP contribution is 2.19. The number of thiocarbonyl (C=S) groups is 1. The van der Waals surface area contributed by atoms with E-state index < -0.39 is 0 Å². The van der Waals surface area contributed by atoms with Gasteiger partial charge in [0.25, 0.3) is 5.91 Å². The number of anilines is 1. The van der Waals surface area contributed by atoms with Gasteiger partial charge in [0.2, 0.25) is 5.91 Å². The summed E-state index contributed by atoms with van der Waals surface area (Å²) >= 11 is 5.28. The molecule has 0 aliphatic rings. The van der Waals surface area contributed by atoms with E-state index in [0.29, 0.717) is 24.2 Å². The summed E-state index contributed by atoms with van der Waals surface area (Å²) in [6.07, 6.45) is 1.02. The van der Waals surface area contributed by atoms with Crippen LogP contribution in [0.2, 0.25) is 0 Å². The van der Waals surface area contributed by atoms with Gasteiger partial charge in [-0.05, 0) is 62.3 Å². The molecule has 0 unspecified atom stereocenters. The number of benzene rings is 2. The summed E-state index contributed by atoms with van der Waals surface area (Å²) in [6, 6.07) is 14.6. The second kappa shape index (κ2) is 10.6. The molecule has 0 fully saturated rings. The SMILES string of the molecule is CC(C)Oc1ccccc1C(=O)NC(=S)Nc1cccc(CCC(=O)N(C)C)c1. The molecule has 29 heavy (non-hydrogen) atoms. The second-order valence-corrected chi connectivity index (χ2v) is 7.47. The van der Waals surface area contributed by atoms with Crippen molar-refractivity contribution in [1.82, 2.24) is 10.2 Å². The number of carbonyl (C=O) groups excluding carboxylic acids is 2. The zero-order valence-corrected chi connectivity index (χ0v) is 18.0. The lowest BCUT2D eigenvalue weighted by molar-refractivity contribution is -0.128. The van der Waals surface area contributed by atoms with Crippen molar-refractivity contribution in [3.8, 4) is 5.75 Å². The maximum atomic E-state index is 12.6. The van der Waals surface area contributed by atoms with E-state index in [1.165, 1.54) is 0 Å². The van der Waals surface area contributed by atoms with Crippen LogP contribution in [0, 0.1) is 0 Å². The summed E-state index contributed by atoms with van der Waals surface area (Å²) in [7, 11) is 3.48. The number of aryl methyl sites for hydroxylation is 1. The van der Waals surface area contributed by atoms with Gasteiger partial charge < -0.3 is 15.0 Å². The average Bonchev–Trinajstić information content (AvgIpc) is 2.66. The minimum absolute atomic E-state index is 0.0452. The zero-order chi connectivity index (χ0) is 21.4. The molecule has 2 N–H and O–H groups in total. The molecule has 0 heterocycles. The number of rotatable bonds is 7. The fraction of sp³-hybridized carbons (Fsp3) is 0.318. The van der Waals surface area contributed by atoms with Gasteiger partial charge in [-0.2, -0.15) is 0 Å². The zero-order valence-electron chi connectivity index (χ0n) is 17.2. The van der Waals surface area contributed by atoms with Crippen LogP contribution in [0.1, 0.15) is 36.2 Å². The van der Waals surface area contributed by atoms with Gasteiger partial charge in [-0.3, -0.25) is 14.9 Å². The monoisotopic (exact) mass is 413 g/mol. The average molecular weight is 414 g/mol. The van der Waals surface area contributed by atoms with Crippen LogP contribution in [0.5, 0.6) is 5.75 Å². The predicted molar refractivity (Wildman–Crippen MR) is 119 cm³/mol. The Morgan fingerprint density at radius 3 is 2.52 bits per heavy atom. The molecular weight excluding hydrogens is 386 g/mol. The van der Waals surface area contributed by atoms with Gasteiger partial charge in [0, 0.05) is 26.2 Å². The van der Waals surface area contributed by atoms with Crippen LogP contribution in [0.3, 0.4) is 0 Å². The summed E-state index contributed by atoms with van der Waals surface area (Å²) in [4.78, 5) is 25.9. The molecule has 7 heteroatoms. The molecule has 0 atom stereocenters. The minimum Gasteiger partial charge on any atom is -0.490 e. The maximum Gasteiger partial charge on any atom is 0.261 e. The second-order valence-electron chi connectivity index (χ2n) is 7.06. The highest BCUT2D eigenvalue weighted by atomic mass is 32.1. The van der Waals surface area contributed by atoms with E-state index >= 15 is 0 Å². The third kappa shape index (κ3) is 7.19. The van der Waals surface area contributed by atoms with Crippen LogP contribution in [0.15, 0.2) is 48.5 Å². The van der Waals surface area contributed by atoms with Crippen LogP contribution in [0.4, 0.5) is 5.69 Å². The number of para-hydroxylation sites is 1. The molecule has 0 aromatic heterocycles. The largest absolute Gasteiger partial charge is 0.490 e. The number of amides is 2. The Balaban J connectivity index is 1.98. The summed E-state index contributed by atoms with van der Waals surface area (Å²) in [5.74, 6) is 0.246. The Bertz CT molecular complexity index is 881. The number of nitrogens with zero attached hydrogens (tertiary/aromatic N) is 1. The van der Waals surface area contributed by atoms with Gasteiger partial charge in [0.05, 0.1) is 11.7 Å². The molecule has 0 aliphatic heterocycles. The Hall–Kier alpha value is -2.93. The molecule has 0 bridgehead atoms. The number of ether oxygens (including phenoxy) is 1. The highest BCUT2D eigenvalue weighted by Gasteiger charge is 2.14. The van der Waals surface area contributed by atoms with Gasteiger partial charge in [-0.25, -0.2) is 0 Å². The van der Waals surface area contributed by atoms with Crippen molar-refractivity contribution in [1.29, 1.82) is 0 Å². The lowest BCUT2D eigenvalue weighted by Gasteiger charge is -2.15. The number of hydrogen-bond donors (Lipinski definition) is 2. The third-order valence-corrected chi connectivity index (χ3v) is 4.24. The Labute approximate surface area is 177 Å². The van der Waals surface area contributed by atoms with Gasteiger partial charge in [0.15, 0.2) is 5.11 Å². The van der Waals surface area contributed by atoms with E-state index in [-0.39, 0.29) is 23.0 Å². The van der Waals surface area contributed by atoms with Gasteiger partial charge >= 0.3 is 0 Å². The highest BCUT2D eigenvalue weighted by molar-refractivity contribution is 7.80. The smallest absolute Gasteiger partial charge is 0.261 e. The van der Waals surface area contributed by atoms with Crippen molar-refractivity contribution >= 4 is 34.8 Å². The van der Waals surface area contributed by atoms with Crippen molar-refractivity contribution in [3.63, 3.8) is 0 Å². The van der Waals surface area contributed by atoms with Gasteiger partial charge in [-0.15, -0.1) is 0 Å². The molecule has 2 amide bonds. The van der Waals surface area contributed by atoms with Crippen LogP contribution in [-0.4, -0.2) is 42.0 Å². The Morgan fingerprint density at radius 1 is 1.10 bits per heavy atom. The first-order valence-electron chi connectivity index (χ1n) is 9.43. The van der Waals surface area contributed by atoms with Crippen molar-refractivity contribution in [2.75, 3.05) is 19.4 Å². The number of nitrogens with one attached hydrogen (secondary N) is 2. The minimum atomic E-state index is -0.341. The summed E-state index contributed by atoms with van der Waals surface area (Å²) < 4.78 is 5.69. The quantitative estimate of drug-likeness (QED) is 0.679. The van der Waals surface area contributed by atoms with Crippen LogP contribution >= 0.6 is 12.2 Å². The first kappa shape index (κ1) is 22.4. The first-order chi connectivity index (χ1) is 13.8. The normalized spacial score (nSPS) is 10.4. The third-order valence-electron chi connectivity index (χ3n) is 4.03. The Kier molecular flexibility index (Phi) is 8.15.